The summed E-state index contributed by atoms with van der Waals surface area (Å²) in [4.78, 5) is 12.2. The van der Waals surface area contributed by atoms with Crippen LogP contribution in [0.1, 0.15) is 24.2 Å². The van der Waals surface area contributed by atoms with Crippen molar-refractivity contribution in [1.29, 1.82) is 0 Å². The lowest BCUT2D eigenvalue weighted by molar-refractivity contribution is 0.102. The number of hydrogen-bond acceptors (Lipinski definition) is 3. The normalized spacial score (nSPS) is 11.8. The summed E-state index contributed by atoms with van der Waals surface area (Å²) in [6, 6.07) is 7.71. The molecule has 0 spiro atoms. The summed E-state index contributed by atoms with van der Waals surface area (Å²) in [6.45, 7) is 3.49. The fraction of sp³-hybridized carbons (Fsp3) is 0.235. The Morgan fingerprint density at radius 3 is 2.24 bits per heavy atom. The van der Waals surface area contributed by atoms with E-state index < -0.39 is 27.6 Å². The fourth-order valence-corrected chi connectivity index (χ4v) is 3.38. The molecular formula is C17H18F2N2O3S. The number of carbonyl (C=O) groups is 1. The minimum atomic E-state index is -3.66. The highest BCUT2D eigenvalue weighted by Gasteiger charge is 2.23. The number of hydrogen-bond donors (Lipinski definition) is 1. The van der Waals surface area contributed by atoms with E-state index in [-0.39, 0.29) is 22.2 Å². The quantitative estimate of drug-likeness (QED) is 0.881. The molecule has 0 aliphatic rings. The number of rotatable bonds is 5. The van der Waals surface area contributed by atoms with Gasteiger partial charge in [-0.1, -0.05) is 0 Å². The van der Waals surface area contributed by atoms with Crippen molar-refractivity contribution in [2.45, 2.75) is 24.8 Å². The molecule has 0 unspecified atom stereocenters. The van der Waals surface area contributed by atoms with Crippen LogP contribution >= 0.6 is 0 Å². The largest absolute Gasteiger partial charge is 0.319 e. The zero-order valence-electron chi connectivity index (χ0n) is 14.0. The van der Waals surface area contributed by atoms with Crippen molar-refractivity contribution in [3.8, 4) is 0 Å². The van der Waals surface area contributed by atoms with Gasteiger partial charge >= 0.3 is 0 Å². The molecule has 8 heteroatoms. The number of carbonyl (C=O) groups excluding carboxylic acids is 1. The average Bonchev–Trinajstić information content (AvgIpc) is 2.57. The maximum atomic E-state index is 13.6. The van der Waals surface area contributed by atoms with Gasteiger partial charge in [-0.2, -0.15) is 4.31 Å². The first-order chi connectivity index (χ1) is 11.6. The molecule has 0 atom stereocenters. The number of benzene rings is 2. The minimum absolute atomic E-state index is 0.0391. The van der Waals surface area contributed by atoms with E-state index in [2.05, 4.69) is 5.32 Å². The van der Waals surface area contributed by atoms with E-state index in [0.29, 0.717) is 0 Å². The zero-order chi connectivity index (χ0) is 18.8. The molecule has 5 nitrogen and oxygen atoms in total. The van der Waals surface area contributed by atoms with Gasteiger partial charge in [0.25, 0.3) is 5.91 Å². The van der Waals surface area contributed by atoms with Crippen LogP contribution in [0, 0.1) is 11.6 Å². The highest BCUT2D eigenvalue weighted by Crippen LogP contribution is 2.19. The number of halogens is 2. The van der Waals surface area contributed by atoms with Gasteiger partial charge in [0.15, 0.2) is 0 Å². The van der Waals surface area contributed by atoms with Gasteiger partial charge in [-0.25, -0.2) is 17.2 Å². The van der Waals surface area contributed by atoms with E-state index in [1.165, 1.54) is 35.6 Å². The summed E-state index contributed by atoms with van der Waals surface area (Å²) >= 11 is 0. The number of amides is 1. The summed E-state index contributed by atoms with van der Waals surface area (Å²) in [5.41, 5.74) is -0.170. The molecule has 2 rings (SSSR count). The van der Waals surface area contributed by atoms with Gasteiger partial charge in [-0.15, -0.1) is 0 Å². The molecule has 0 aromatic heterocycles. The molecule has 0 heterocycles. The second kappa shape index (κ2) is 7.28. The molecule has 0 aliphatic carbocycles. The SMILES string of the molecule is CC(C)N(C)S(=O)(=O)c1ccc(C(=O)Nc2cc(F)ccc2F)cc1. The van der Waals surface area contributed by atoms with Crippen LogP contribution in [-0.4, -0.2) is 31.7 Å². The number of sulfonamides is 1. The van der Waals surface area contributed by atoms with Crippen LogP contribution in [0.15, 0.2) is 47.4 Å². The first-order valence-electron chi connectivity index (χ1n) is 7.47. The van der Waals surface area contributed by atoms with E-state index in [1.807, 2.05) is 0 Å². The Hall–Kier alpha value is -2.32. The zero-order valence-corrected chi connectivity index (χ0v) is 14.8. The van der Waals surface area contributed by atoms with E-state index in [4.69, 9.17) is 0 Å². The van der Waals surface area contributed by atoms with Crippen LogP contribution in [0.5, 0.6) is 0 Å². The second-order valence-electron chi connectivity index (χ2n) is 5.72. The Labute approximate surface area is 145 Å². The Bertz CT molecular complexity index is 881. The smallest absolute Gasteiger partial charge is 0.255 e. The van der Waals surface area contributed by atoms with Crippen molar-refractivity contribution in [2.75, 3.05) is 12.4 Å². The molecule has 0 bridgehead atoms. The van der Waals surface area contributed by atoms with Gasteiger partial charge in [-0.3, -0.25) is 4.79 Å². The minimum Gasteiger partial charge on any atom is -0.319 e. The molecular weight excluding hydrogens is 350 g/mol. The van der Waals surface area contributed by atoms with Crippen LogP contribution in [-0.2, 0) is 10.0 Å². The van der Waals surface area contributed by atoms with E-state index in [9.17, 15) is 22.0 Å². The molecule has 0 radical (unpaired) electrons. The molecule has 1 N–H and O–H groups in total. The molecule has 2 aromatic carbocycles. The van der Waals surface area contributed by atoms with Crippen LogP contribution < -0.4 is 5.32 Å². The van der Waals surface area contributed by atoms with Crippen molar-refractivity contribution in [3.05, 3.63) is 59.7 Å². The molecule has 134 valence electrons. The summed E-state index contributed by atoms with van der Waals surface area (Å²) in [5, 5.41) is 2.25. The number of anilines is 1. The predicted molar refractivity (Wildman–Crippen MR) is 90.8 cm³/mol. The summed E-state index contributed by atoms with van der Waals surface area (Å²) in [5.74, 6) is -2.13. The van der Waals surface area contributed by atoms with Crippen LogP contribution in [0.4, 0.5) is 14.5 Å². The maximum Gasteiger partial charge on any atom is 0.255 e. The summed E-state index contributed by atoms with van der Waals surface area (Å²) in [7, 11) is -2.19. The Kier molecular flexibility index (Phi) is 5.54. The van der Waals surface area contributed by atoms with Gasteiger partial charge in [-0.05, 0) is 50.2 Å². The van der Waals surface area contributed by atoms with Gasteiger partial charge in [0, 0.05) is 24.7 Å². The third-order valence-electron chi connectivity index (χ3n) is 3.70. The highest BCUT2D eigenvalue weighted by atomic mass is 32.2. The molecule has 0 aliphatic heterocycles. The summed E-state index contributed by atoms with van der Waals surface area (Å²) < 4.78 is 52.6. The van der Waals surface area contributed by atoms with Crippen molar-refractivity contribution < 1.29 is 22.0 Å². The third kappa shape index (κ3) is 4.21. The molecule has 2 aromatic rings. The third-order valence-corrected chi connectivity index (χ3v) is 5.75. The lowest BCUT2D eigenvalue weighted by Crippen LogP contribution is -2.33. The number of nitrogens with zero attached hydrogens (tertiary/aromatic N) is 1. The molecule has 0 saturated carbocycles. The van der Waals surface area contributed by atoms with Gasteiger partial charge in [0.1, 0.15) is 11.6 Å². The van der Waals surface area contributed by atoms with Crippen molar-refractivity contribution in [3.63, 3.8) is 0 Å². The van der Waals surface area contributed by atoms with Crippen LogP contribution in [0.2, 0.25) is 0 Å². The molecule has 0 fully saturated rings. The standard InChI is InChI=1S/C17H18F2N2O3S/c1-11(2)21(3)25(23,24)14-7-4-12(5-8-14)17(22)20-16-10-13(18)6-9-15(16)19/h4-11H,1-3H3,(H,20,22). The molecule has 0 saturated heterocycles. The number of nitrogens with one attached hydrogen (secondary N) is 1. The molecule has 25 heavy (non-hydrogen) atoms. The van der Waals surface area contributed by atoms with Crippen LogP contribution in [0.3, 0.4) is 0 Å². The van der Waals surface area contributed by atoms with Crippen molar-refractivity contribution in [1.82, 2.24) is 4.31 Å². The Morgan fingerprint density at radius 2 is 1.68 bits per heavy atom. The van der Waals surface area contributed by atoms with E-state index >= 15 is 0 Å². The van der Waals surface area contributed by atoms with Gasteiger partial charge in [0.2, 0.25) is 10.0 Å². The van der Waals surface area contributed by atoms with E-state index in [0.717, 1.165) is 18.2 Å². The highest BCUT2D eigenvalue weighted by molar-refractivity contribution is 7.89. The topological polar surface area (TPSA) is 66.5 Å². The molecule has 1 amide bonds. The Morgan fingerprint density at radius 1 is 1.08 bits per heavy atom. The average molecular weight is 368 g/mol. The van der Waals surface area contributed by atoms with E-state index in [1.54, 1.807) is 13.8 Å². The van der Waals surface area contributed by atoms with Crippen molar-refractivity contribution >= 4 is 21.6 Å². The van der Waals surface area contributed by atoms with Crippen LogP contribution in [0.25, 0.3) is 0 Å². The van der Waals surface area contributed by atoms with Gasteiger partial charge < -0.3 is 5.32 Å². The first-order valence-corrected chi connectivity index (χ1v) is 8.91. The lowest BCUT2D eigenvalue weighted by atomic mass is 10.2. The fourth-order valence-electron chi connectivity index (χ4n) is 2.01. The monoisotopic (exact) mass is 368 g/mol. The van der Waals surface area contributed by atoms with Gasteiger partial charge in [0.05, 0.1) is 10.6 Å². The predicted octanol–water partition coefficient (Wildman–Crippen LogP) is 3.25. The first kappa shape index (κ1) is 19.0. The summed E-state index contributed by atoms with van der Waals surface area (Å²) in [6.07, 6.45) is 0. The second-order valence-corrected chi connectivity index (χ2v) is 7.72. The maximum absolute atomic E-state index is 13.6. The lowest BCUT2D eigenvalue weighted by Gasteiger charge is -2.21. The van der Waals surface area contributed by atoms with Crippen molar-refractivity contribution in [2.24, 2.45) is 0 Å². The Balaban J connectivity index is 2.22.